The van der Waals surface area contributed by atoms with Crippen LogP contribution in [0, 0.1) is 5.92 Å². The SMILES string of the molecule is C=CC(=O)C1C(N=C)=NC=NC1NC. The molecule has 0 fully saturated rings. The molecule has 2 unspecified atom stereocenters. The fourth-order valence-electron chi connectivity index (χ4n) is 1.26. The molecule has 14 heavy (non-hydrogen) atoms. The highest BCUT2D eigenvalue weighted by molar-refractivity contribution is 6.12. The Hall–Kier alpha value is -1.62. The Bertz CT molecular complexity index is 319. The average Bonchev–Trinajstić information content (AvgIpc) is 2.26. The molecule has 0 bridgehead atoms. The van der Waals surface area contributed by atoms with Crippen molar-refractivity contribution in [1.82, 2.24) is 5.32 Å². The van der Waals surface area contributed by atoms with Crippen LogP contribution in [0.5, 0.6) is 0 Å². The summed E-state index contributed by atoms with van der Waals surface area (Å²) in [5.74, 6) is -0.295. The Balaban J connectivity index is 3.00. The number of allylic oxidation sites excluding steroid dienone is 1. The second-order valence-corrected chi connectivity index (χ2v) is 2.73. The molecule has 0 aromatic rings. The van der Waals surface area contributed by atoms with E-state index in [4.69, 9.17) is 0 Å². The Morgan fingerprint density at radius 1 is 1.79 bits per heavy atom. The predicted octanol–water partition coefficient (Wildman–Crippen LogP) is 0.0442. The van der Waals surface area contributed by atoms with E-state index in [1.165, 1.54) is 12.4 Å². The van der Waals surface area contributed by atoms with E-state index >= 15 is 0 Å². The van der Waals surface area contributed by atoms with E-state index in [0.29, 0.717) is 5.84 Å². The average molecular weight is 192 g/mol. The number of nitrogens with zero attached hydrogens (tertiary/aromatic N) is 3. The Labute approximate surface area is 82.4 Å². The summed E-state index contributed by atoms with van der Waals surface area (Å²) >= 11 is 0. The van der Waals surface area contributed by atoms with E-state index in [1.54, 1.807) is 7.05 Å². The van der Waals surface area contributed by atoms with Crippen molar-refractivity contribution in [2.45, 2.75) is 6.17 Å². The number of rotatable bonds is 3. The first kappa shape index (κ1) is 10.5. The molecule has 0 radical (unpaired) electrons. The van der Waals surface area contributed by atoms with E-state index in [-0.39, 0.29) is 11.9 Å². The Morgan fingerprint density at radius 2 is 2.50 bits per heavy atom. The van der Waals surface area contributed by atoms with Crippen LogP contribution in [0.25, 0.3) is 0 Å². The van der Waals surface area contributed by atoms with Crippen molar-refractivity contribution in [2.75, 3.05) is 7.05 Å². The minimum atomic E-state index is -0.514. The minimum absolute atomic E-state index is 0.160. The Kier molecular flexibility index (Phi) is 3.41. The number of ketones is 1. The zero-order valence-corrected chi connectivity index (χ0v) is 7.97. The minimum Gasteiger partial charge on any atom is -0.298 e. The van der Waals surface area contributed by atoms with Gasteiger partial charge in [0.1, 0.15) is 24.3 Å². The van der Waals surface area contributed by atoms with Crippen LogP contribution >= 0.6 is 0 Å². The van der Waals surface area contributed by atoms with Crippen molar-refractivity contribution in [2.24, 2.45) is 20.9 Å². The highest BCUT2D eigenvalue weighted by Gasteiger charge is 2.31. The maximum absolute atomic E-state index is 11.5. The zero-order valence-electron chi connectivity index (χ0n) is 7.97. The van der Waals surface area contributed by atoms with Crippen molar-refractivity contribution >= 4 is 24.7 Å². The highest BCUT2D eigenvalue weighted by atomic mass is 16.1. The number of hydrogen-bond donors (Lipinski definition) is 1. The smallest absolute Gasteiger partial charge is 0.169 e. The van der Waals surface area contributed by atoms with Gasteiger partial charge in [0.25, 0.3) is 0 Å². The molecule has 1 aliphatic rings. The van der Waals surface area contributed by atoms with Crippen LogP contribution in [0.2, 0.25) is 0 Å². The van der Waals surface area contributed by atoms with Crippen molar-refractivity contribution in [3.63, 3.8) is 0 Å². The van der Waals surface area contributed by atoms with Crippen LogP contribution in [0.4, 0.5) is 0 Å². The predicted molar refractivity (Wildman–Crippen MR) is 57.0 cm³/mol. The fourth-order valence-corrected chi connectivity index (χ4v) is 1.26. The van der Waals surface area contributed by atoms with Gasteiger partial charge in [-0.05, 0) is 19.8 Å². The number of carbonyl (C=O) groups excluding carboxylic acids is 1. The quantitative estimate of drug-likeness (QED) is 0.507. The molecule has 2 atom stereocenters. The molecule has 0 aliphatic carbocycles. The Morgan fingerprint density at radius 3 is 3.00 bits per heavy atom. The third kappa shape index (κ3) is 1.82. The molecule has 0 aromatic carbocycles. The number of hydrogen-bond acceptors (Lipinski definition) is 5. The van der Waals surface area contributed by atoms with Crippen LogP contribution in [0.3, 0.4) is 0 Å². The number of carbonyl (C=O) groups is 1. The third-order valence-corrected chi connectivity index (χ3v) is 1.98. The lowest BCUT2D eigenvalue weighted by atomic mass is 9.98. The zero-order chi connectivity index (χ0) is 10.6. The van der Waals surface area contributed by atoms with Crippen LogP contribution in [0.1, 0.15) is 0 Å². The number of nitrogens with one attached hydrogen (secondary N) is 1. The lowest BCUT2D eigenvalue weighted by Gasteiger charge is -2.22. The maximum atomic E-state index is 11.5. The molecule has 1 aliphatic heterocycles. The van der Waals surface area contributed by atoms with E-state index in [0.717, 1.165) is 0 Å². The molecule has 5 nitrogen and oxygen atoms in total. The first-order chi connectivity index (χ1) is 6.74. The summed E-state index contributed by atoms with van der Waals surface area (Å²) < 4.78 is 0. The van der Waals surface area contributed by atoms with Gasteiger partial charge in [-0.25, -0.2) is 9.98 Å². The molecule has 0 aromatic heterocycles. The number of aliphatic imine (C=N–C) groups is 3. The summed E-state index contributed by atoms with van der Waals surface area (Å²) in [6.07, 6.45) is 2.28. The molecule has 5 heteroatoms. The van der Waals surface area contributed by atoms with Gasteiger partial charge < -0.3 is 0 Å². The topological polar surface area (TPSA) is 66.2 Å². The summed E-state index contributed by atoms with van der Waals surface area (Å²) in [5, 5.41) is 2.90. The van der Waals surface area contributed by atoms with E-state index in [9.17, 15) is 4.79 Å². The molecular formula is C9H12N4O. The van der Waals surface area contributed by atoms with Crippen molar-refractivity contribution < 1.29 is 4.79 Å². The van der Waals surface area contributed by atoms with Crippen LogP contribution in [-0.2, 0) is 4.79 Å². The summed E-state index contributed by atoms with van der Waals surface area (Å²) in [5.41, 5.74) is 0. The normalized spacial score (nSPS) is 25.4. The van der Waals surface area contributed by atoms with Gasteiger partial charge in [0, 0.05) is 0 Å². The first-order valence-corrected chi connectivity index (χ1v) is 4.14. The molecule has 0 spiro atoms. The van der Waals surface area contributed by atoms with Crippen LogP contribution in [0.15, 0.2) is 27.6 Å². The van der Waals surface area contributed by atoms with Gasteiger partial charge in [0.2, 0.25) is 0 Å². The van der Waals surface area contributed by atoms with Crippen molar-refractivity contribution in [1.29, 1.82) is 0 Å². The lowest BCUT2D eigenvalue weighted by molar-refractivity contribution is -0.117. The molecule has 0 saturated carbocycles. The monoisotopic (exact) mass is 192 g/mol. The number of amidine groups is 1. The van der Waals surface area contributed by atoms with E-state index < -0.39 is 5.92 Å². The second-order valence-electron chi connectivity index (χ2n) is 2.73. The van der Waals surface area contributed by atoms with Gasteiger partial charge in [-0.2, -0.15) is 0 Å². The van der Waals surface area contributed by atoms with E-state index in [1.807, 2.05) is 0 Å². The van der Waals surface area contributed by atoms with Crippen molar-refractivity contribution in [3.05, 3.63) is 12.7 Å². The van der Waals surface area contributed by atoms with Gasteiger partial charge in [-0.15, -0.1) is 0 Å². The summed E-state index contributed by atoms with van der Waals surface area (Å²) in [4.78, 5) is 23.1. The molecule has 0 amide bonds. The summed E-state index contributed by atoms with van der Waals surface area (Å²) in [6, 6.07) is 0. The fraction of sp³-hybridized carbons (Fsp3) is 0.333. The molecule has 1 rings (SSSR count). The van der Waals surface area contributed by atoms with Crippen molar-refractivity contribution in [3.8, 4) is 0 Å². The maximum Gasteiger partial charge on any atom is 0.169 e. The van der Waals surface area contributed by atoms with Gasteiger partial charge in [0.15, 0.2) is 5.78 Å². The summed E-state index contributed by atoms with van der Waals surface area (Å²) in [7, 11) is 1.72. The standard InChI is InChI=1S/C9H12N4O/c1-4-6(14)7-8(10-2)12-5-13-9(7)11-3/h4-5,7,9,11H,1-2H2,3H3. The molecular weight excluding hydrogens is 180 g/mol. The molecule has 1 heterocycles. The van der Waals surface area contributed by atoms with Crippen LogP contribution < -0.4 is 5.32 Å². The molecule has 74 valence electrons. The van der Waals surface area contributed by atoms with Gasteiger partial charge in [0.05, 0.1) is 0 Å². The molecule has 0 saturated heterocycles. The highest BCUT2D eigenvalue weighted by Crippen LogP contribution is 2.14. The van der Waals surface area contributed by atoms with Gasteiger partial charge >= 0.3 is 0 Å². The van der Waals surface area contributed by atoms with Crippen LogP contribution in [-0.4, -0.2) is 37.9 Å². The summed E-state index contributed by atoms with van der Waals surface area (Å²) in [6.45, 7) is 6.79. The van der Waals surface area contributed by atoms with Gasteiger partial charge in [-0.3, -0.25) is 15.1 Å². The lowest BCUT2D eigenvalue weighted by Crippen LogP contribution is -2.42. The first-order valence-electron chi connectivity index (χ1n) is 4.14. The van der Waals surface area contributed by atoms with Gasteiger partial charge in [-0.1, -0.05) is 6.58 Å². The second kappa shape index (κ2) is 4.57. The third-order valence-electron chi connectivity index (χ3n) is 1.98. The van der Waals surface area contributed by atoms with E-state index in [2.05, 4.69) is 33.6 Å². The molecule has 1 N–H and O–H groups in total. The largest absolute Gasteiger partial charge is 0.298 e.